The van der Waals surface area contributed by atoms with Crippen LogP contribution in [-0.2, 0) is 0 Å². The predicted octanol–water partition coefficient (Wildman–Crippen LogP) is 0.744. The summed E-state index contributed by atoms with van der Waals surface area (Å²) in [5.41, 5.74) is 1.33. The van der Waals surface area contributed by atoms with E-state index in [1.165, 1.54) is 0 Å². The highest BCUT2D eigenvalue weighted by molar-refractivity contribution is 5.95. The zero-order chi connectivity index (χ0) is 15.4. The van der Waals surface area contributed by atoms with Crippen molar-refractivity contribution in [3.8, 4) is 11.5 Å². The SMILES string of the molecule is COc1cc(C(=O)NCC2CNCC2O)cc(OC)c1C.Cl. The van der Waals surface area contributed by atoms with Crippen LogP contribution in [0.25, 0.3) is 0 Å². The molecule has 3 N–H and O–H groups in total. The average molecular weight is 331 g/mol. The van der Waals surface area contributed by atoms with Gasteiger partial charge in [0.2, 0.25) is 0 Å². The van der Waals surface area contributed by atoms with Crippen molar-refractivity contribution >= 4 is 18.3 Å². The molecule has 7 heteroatoms. The van der Waals surface area contributed by atoms with E-state index in [0.29, 0.717) is 36.7 Å². The molecule has 0 aliphatic carbocycles. The number of carbonyl (C=O) groups is 1. The number of aliphatic hydroxyl groups is 1. The number of rotatable bonds is 5. The maximum Gasteiger partial charge on any atom is 0.251 e. The summed E-state index contributed by atoms with van der Waals surface area (Å²) >= 11 is 0. The second-order valence-corrected chi connectivity index (χ2v) is 5.20. The number of nitrogens with one attached hydrogen (secondary N) is 2. The molecule has 0 saturated carbocycles. The number of aliphatic hydroxyl groups excluding tert-OH is 1. The lowest BCUT2D eigenvalue weighted by Gasteiger charge is -2.15. The number of hydrogen-bond acceptors (Lipinski definition) is 5. The Morgan fingerprint density at radius 3 is 2.36 bits per heavy atom. The molecule has 2 atom stereocenters. The Bertz CT molecular complexity index is 499. The van der Waals surface area contributed by atoms with Gasteiger partial charge in [-0.25, -0.2) is 0 Å². The molecule has 0 bridgehead atoms. The standard InChI is InChI=1S/C15H22N2O4.ClH/c1-9-13(20-2)4-10(5-14(9)21-3)15(19)17-7-11-6-16-8-12(11)18;/h4-5,11-12,16,18H,6-8H2,1-3H3,(H,17,19);1H. The van der Waals surface area contributed by atoms with Crippen molar-refractivity contribution in [2.75, 3.05) is 33.9 Å². The molecule has 1 aliphatic rings. The van der Waals surface area contributed by atoms with Gasteiger partial charge >= 0.3 is 0 Å². The lowest BCUT2D eigenvalue weighted by atomic mass is 10.1. The Labute approximate surface area is 136 Å². The van der Waals surface area contributed by atoms with E-state index in [9.17, 15) is 9.90 Å². The summed E-state index contributed by atoms with van der Waals surface area (Å²) in [7, 11) is 3.12. The molecule has 2 unspecified atom stereocenters. The molecule has 1 aliphatic heterocycles. The molecule has 1 aromatic rings. The Morgan fingerprint density at radius 1 is 1.32 bits per heavy atom. The Kier molecular flexibility index (Phi) is 6.93. The maximum atomic E-state index is 12.2. The lowest BCUT2D eigenvalue weighted by molar-refractivity contribution is 0.0926. The number of hydrogen-bond donors (Lipinski definition) is 3. The van der Waals surface area contributed by atoms with Crippen LogP contribution >= 0.6 is 12.4 Å². The molecule has 6 nitrogen and oxygen atoms in total. The molecule has 0 aromatic heterocycles. The van der Waals surface area contributed by atoms with Crippen LogP contribution in [-0.4, -0.2) is 51.0 Å². The fourth-order valence-electron chi connectivity index (χ4n) is 2.47. The minimum Gasteiger partial charge on any atom is -0.496 e. The number of methoxy groups -OCH3 is 2. The van der Waals surface area contributed by atoms with Crippen LogP contribution in [0.3, 0.4) is 0 Å². The summed E-state index contributed by atoms with van der Waals surface area (Å²) in [5.74, 6) is 1.07. The summed E-state index contributed by atoms with van der Waals surface area (Å²) in [6, 6.07) is 3.38. The monoisotopic (exact) mass is 330 g/mol. The summed E-state index contributed by atoms with van der Waals surface area (Å²) in [6.07, 6.45) is -0.410. The van der Waals surface area contributed by atoms with E-state index in [2.05, 4.69) is 10.6 Å². The van der Waals surface area contributed by atoms with Crippen molar-refractivity contribution in [2.45, 2.75) is 13.0 Å². The zero-order valence-electron chi connectivity index (χ0n) is 13.0. The lowest BCUT2D eigenvalue weighted by Crippen LogP contribution is -2.34. The van der Waals surface area contributed by atoms with Gasteiger partial charge in [0, 0.05) is 36.7 Å². The molecule has 0 radical (unpaired) electrons. The van der Waals surface area contributed by atoms with Crippen LogP contribution in [0.15, 0.2) is 12.1 Å². The van der Waals surface area contributed by atoms with Gasteiger partial charge in [-0.1, -0.05) is 0 Å². The van der Waals surface area contributed by atoms with Crippen LogP contribution in [0.4, 0.5) is 0 Å². The van der Waals surface area contributed by atoms with Crippen LogP contribution in [0, 0.1) is 12.8 Å². The van der Waals surface area contributed by atoms with Crippen molar-refractivity contribution in [3.63, 3.8) is 0 Å². The molecule has 1 saturated heterocycles. The van der Waals surface area contributed by atoms with Crippen LogP contribution < -0.4 is 20.1 Å². The highest BCUT2D eigenvalue weighted by atomic mass is 35.5. The highest BCUT2D eigenvalue weighted by Gasteiger charge is 2.25. The number of β-amino-alcohol motifs (C(OH)–C–C–N with tert-alkyl or cyclic N) is 1. The molecule has 1 fully saturated rings. The van der Waals surface area contributed by atoms with Gasteiger partial charge in [0.25, 0.3) is 5.91 Å². The first-order valence-electron chi connectivity index (χ1n) is 6.96. The minimum atomic E-state index is -0.410. The largest absolute Gasteiger partial charge is 0.496 e. The topological polar surface area (TPSA) is 79.8 Å². The maximum absolute atomic E-state index is 12.2. The van der Waals surface area contributed by atoms with Gasteiger partial charge in [-0.3, -0.25) is 4.79 Å². The van der Waals surface area contributed by atoms with E-state index in [1.54, 1.807) is 26.4 Å². The third-order valence-electron chi connectivity index (χ3n) is 3.84. The summed E-state index contributed by atoms with van der Waals surface area (Å²) in [4.78, 5) is 12.2. The summed E-state index contributed by atoms with van der Waals surface area (Å²) in [5, 5.41) is 15.7. The quantitative estimate of drug-likeness (QED) is 0.742. The van der Waals surface area contributed by atoms with Crippen LogP contribution in [0.2, 0.25) is 0 Å². The number of benzene rings is 1. The average Bonchev–Trinajstić information content (AvgIpc) is 2.90. The molecule has 1 amide bonds. The van der Waals surface area contributed by atoms with E-state index in [-0.39, 0.29) is 24.2 Å². The smallest absolute Gasteiger partial charge is 0.251 e. The number of halogens is 1. The molecule has 0 spiro atoms. The first-order valence-corrected chi connectivity index (χ1v) is 6.96. The van der Waals surface area contributed by atoms with E-state index in [0.717, 1.165) is 5.56 Å². The fourth-order valence-corrected chi connectivity index (χ4v) is 2.47. The molecule has 1 heterocycles. The Morgan fingerprint density at radius 2 is 1.91 bits per heavy atom. The van der Waals surface area contributed by atoms with Gasteiger partial charge in [0.05, 0.1) is 20.3 Å². The van der Waals surface area contributed by atoms with Gasteiger partial charge in [-0.15, -0.1) is 12.4 Å². The summed E-state index contributed by atoms with van der Waals surface area (Å²) < 4.78 is 10.5. The Balaban J connectivity index is 0.00000242. The van der Waals surface area contributed by atoms with Gasteiger partial charge in [-0.05, 0) is 19.1 Å². The normalized spacial score (nSPS) is 20.2. The van der Waals surface area contributed by atoms with Crippen molar-refractivity contribution in [1.29, 1.82) is 0 Å². The molecule has 124 valence electrons. The molecular weight excluding hydrogens is 308 g/mol. The fraction of sp³-hybridized carbons (Fsp3) is 0.533. The number of amides is 1. The second kappa shape index (κ2) is 8.22. The summed E-state index contributed by atoms with van der Waals surface area (Å²) in [6.45, 7) is 3.60. The number of carbonyl (C=O) groups excluding carboxylic acids is 1. The van der Waals surface area contributed by atoms with Gasteiger partial charge < -0.3 is 25.2 Å². The second-order valence-electron chi connectivity index (χ2n) is 5.20. The van der Waals surface area contributed by atoms with Gasteiger partial charge in [0.15, 0.2) is 0 Å². The van der Waals surface area contributed by atoms with Crippen molar-refractivity contribution in [3.05, 3.63) is 23.3 Å². The van der Waals surface area contributed by atoms with E-state index in [1.807, 2.05) is 6.92 Å². The van der Waals surface area contributed by atoms with E-state index >= 15 is 0 Å². The molecule has 22 heavy (non-hydrogen) atoms. The van der Waals surface area contributed by atoms with Crippen LogP contribution in [0.1, 0.15) is 15.9 Å². The Hall–Kier alpha value is -1.50. The minimum absolute atomic E-state index is 0. The predicted molar refractivity (Wildman–Crippen MR) is 86.2 cm³/mol. The van der Waals surface area contributed by atoms with Crippen molar-refractivity contribution in [2.24, 2.45) is 5.92 Å². The van der Waals surface area contributed by atoms with Crippen molar-refractivity contribution < 1.29 is 19.4 Å². The third-order valence-corrected chi connectivity index (χ3v) is 3.84. The number of ether oxygens (including phenoxy) is 2. The zero-order valence-corrected chi connectivity index (χ0v) is 13.8. The van der Waals surface area contributed by atoms with E-state index < -0.39 is 6.10 Å². The third kappa shape index (κ3) is 4.03. The first kappa shape index (κ1) is 18.5. The van der Waals surface area contributed by atoms with Gasteiger partial charge in [0.1, 0.15) is 11.5 Å². The molecule has 1 aromatic carbocycles. The molecule has 2 rings (SSSR count). The highest BCUT2D eigenvalue weighted by Crippen LogP contribution is 2.29. The van der Waals surface area contributed by atoms with Crippen molar-refractivity contribution in [1.82, 2.24) is 10.6 Å². The van der Waals surface area contributed by atoms with E-state index in [4.69, 9.17) is 9.47 Å². The first-order chi connectivity index (χ1) is 10.1. The molecular formula is C15H23ClN2O4. The van der Waals surface area contributed by atoms with Gasteiger partial charge in [-0.2, -0.15) is 0 Å². The van der Waals surface area contributed by atoms with Crippen LogP contribution in [0.5, 0.6) is 11.5 Å².